The van der Waals surface area contributed by atoms with E-state index in [0.717, 1.165) is 32.1 Å². The van der Waals surface area contributed by atoms with Crippen LogP contribution in [0.25, 0.3) is 0 Å². The average molecular weight is 260 g/mol. The fourth-order valence-corrected chi connectivity index (χ4v) is 5.64. The molecule has 100 valence electrons. The summed E-state index contributed by atoms with van der Waals surface area (Å²) in [5.74, 6) is 0.651. The van der Waals surface area contributed by atoms with E-state index >= 15 is 0 Å². The summed E-state index contributed by atoms with van der Waals surface area (Å²) in [5, 5.41) is 10.3. The first-order valence-corrected chi connectivity index (χ1v) is 8.74. The van der Waals surface area contributed by atoms with Gasteiger partial charge < -0.3 is 5.11 Å². The normalized spacial score (nSPS) is 26.2. The molecule has 0 aliphatic heterocycles. The van der Waals surface area contributed by atoms with E-state index in [1.165, 1.54) is 12.8 Å². The van der Waals surface area contributed by atoms with E-state index in [1.807, 2.05) is 0 Å². The van der Waals surface area contributed by atoms with Gasteiger partial charge in [-0.25, -0.2) is 8.42 Å². The van der Waals surface area contributed by atoms with Crippen LogP contribution in [0, 0.1) is 5.92 Å². The van der Waals surface area contributed by atoms with Crippen molar-refractivity contribution in [3.8, 4) is 0 Å². The highest BCUT2D eigenvalue weighted by molar-refractivity contribution is 7.91. The second-order valence-electron chi connectivity index (χ2n) is 5.99. The van der Waals surface area contributed by atoms with Crippen molar-refractivity contribution in [1.82, 2.24) is 0 Å². The second-order valence-corrected chi connectivity index (χ2v) is 8.10. The van der Waals surface area contributed by atoms with Gasteiger partial charge in [0, 0.05) is 0 Å². The smallest absolute Gasteiger partial charge is 0.153 e. The Morgan fingerprint density at radius 2 is 1.59 bits per heavy atom. The van der Waals surface area contributed by atoms with Crippen LogP contribution in [0.3, 0.4) is 0 Å². The Labute approximate surface area is 105 Å². The fourth-order valence-electron chi connectivity index (χ4n) is 3.36. The molecule has 2 aliphatic carbocycles. The van der Waals surface area contributed by atoms with E-state index in [4.69, 9.17) is 0 Å². The van der Waals surface area contributed by atoms with Crippen molar-refractivity contribution in [2.24, 2.45) is 5.92 Å². The molecule has 0 unspecified atom stereocenters. The Morgan fingerprint density at radius 1 is 1.00 bits per heavy atom. The number of aliphatic hydroxyl groups is 1. The van der Waals surface area contributed by atoms with Crippen LogP contribution >= 0.6 is 0 Å². The monoisotopic (exact) mass is 260 g/mol. The van der Waals surface area contributed by atoms with E-state index in [-0.39, 0.29) is 5.75 Å². The summed E-state index contributed by atoms with van der Waals surface area (Å²) >= 11 is 0. The van der Waals surface area contributed by atoms with E-state index in [0.29, 0.717) is 24.5 Å². The van der Waals surface area contributed by atoms with Crippen molar-refractivity contribution in [1.29, 1.82) is 0 Å². The van der Waals surface area contributed by atoms with Crippen LogP contribution in [0.5, 0.6) is 0 Å². The summed E-state index contributed by atoms with van der Waals surface area (Å²) in [6, 6.07) is 0. The van der Waals surface area contributed by atoms with Gasteiger partial charge in [-0.3, -0.25) is 0 Å². The highest BCUT2D eigenvalue weighted by atomic mass is 32.2. The van der Waals surface area contributed by atoms with E-state index in [9.17, 15) is 13.5 Å². The van der Waals surface area contributed by atoms with Gasteiger partial charge in [-0.15, -0.1) is 0 Å². The molecule has 3 nitrogen and oxygen atoms in total. The maximum Gasteiger partial charge on any atom is 0.153 e. The zero-order valence-electron chi connectivity index (χ0n) is 10.5. The fraction of sp³-hybridized carbons (Fsp3) is 1.00. The van der Waals surface area contributed by atoms with E-state index < -0.39 is 15.4 Å². The van der Waals surface area contributed by atoms with Crippen LogP contribution < -0.4 is 0 Å². The van der Waals surface area contributed by atoms with Gasteiger partial charge >= 0.3 is 0 Å². The number of hydrogen-bond donors (Lipinski definition) is 1. The molecule has 0 saturated heterocycles. The molecule has 2 saturated carbocycles. The minimum atomic E-state index is -3.07. The van der Waals surface area contributed by atoms with Gasteiger partial charge in [-0.2, -0.15) is 0 Å². The SMILES string of the molecule is O=S(=O)(CC1CCCC1)CC1(O)CCCCC1. The van der Waals surface area contributed by atoms with Crippen LogP contribution in [-0.4, -0.2) is 30.6 Å². The van der Waals surface area contributed by atoms with E-state index in [2.05, 4.69) is 0 Å². The molecule has 0 heterocycles. The lowest BCUT2D eigenvalue weighted by Crippen LogP contribution is -2.40. The summed E-state index contributed by atoms with van der Waals surface area (Å²) in [6.45, 7) is 0. The Hall–Kier alpha value is -0.0900. The molecule has 0 amide bonds. The van der Waals surface area contributed by atoms with Gasteiger partial charge in [0.25, 0.3) is 0 Å². The maximum atomic E-state index is 12.1. The third-order valence-electron chi connectivity index (χ3n) is 4.24. The molecule has 0 spiro atoms. The second kappa shape index (κ2) is 5.27. The molecule has 0 bridgehead atoms. The largest absolute Gasteiger partial charge is 0.389 e. The summed E-state index contributed by atoms with van der Waals surface area (Å²) in [6.07, 6.45) is 8.84. The van der Waals surface area contributed by atoms with Crippen molar-refractivity contribution < 1.29 is 13.5 Å². The molecule has 2 rings (SSSR count). The quantitative estimate of drug-likeness (QED) is 0.843. The zero-order valence-corrected chi connectivity index (χ0v) is 11.3. The summed E-state index contributed by atoms with van der Waals surface area (Å²) < 4.78 is 24.2. The van der Waals surface area contributed by atoms with Crippen molar-refractivity contribution in [2.75, 3.05) is 11.5 Å². The predicted octanol–water partition coefficient (Wildman–Crippen LogP) is 2.29. The van der Waals surface area contributed by atoms with Crippen molar-refractivity contribution >= 4 is 9.84 Å². The highest BCUT2D eigenvalue weighted by Crippen LogP contribution is 2.31. The molecule has 2 aliphatic rings. The van der Waals surface area contributed by atoms with E-state index in [1.54, 1.807) is 0 Å². The summed E-state index contributed by atoms with van der Waals surface area (Å²) in [5.41, 5.74) is -0.921. The average Bonchev–Trinajstić information content (AvgIpc) is 2.68. The minimum Gasteiger partial charge on any atom is -0.389 e. The predicted molar refractivity (Wildman–Crippen MR) is 68.6 cm³/mol. The lowest BCUT2D eigenvalue weighted by atomic mass is 9.86. The Kier molecular flexibility index (Phi) is 4.14. The molecule has 0 aromatic heterocycles. The molecule has 17 heavy (non-hydrogen) atoms. The van der Waals surface area contributed by atoms with Gasteiger partial charge in [-0.05, 0) is 31.6 Å². The van der Waals surface area contributed by atoms with Gasteiger partial charge in [0.2, 0.25) is 0 Å². The van der Waals surface area contributed by atoms with Crippen LogP contribution in [0.1, 0.15) is 57.8 Å². The molecular weight excluding hydrogens is 236 g/mol. The lowest BCUT2D eigenvalue weighted by molar-refractivity contribution is 0.0257. The number of rotatable bonds is 4. The molecule has 1 N–H and O–H groups in total. The Bertz CT molecular complexity index is 336. The van der Waals surface area contributed by atoms with Crippen molar-refractivity contribution in [3.63, 3.8) is 0 Å². The number of hydrogen-bond acceptors (Lipinski definition) is 3. The van der Waals surface area contributed by atoms with Crippen LogP contribution in [0.15, 0.2) is 0 Å². The van der Waals surface area contributed by atoms with Gasteiger partial charge in [0.15, 0.2) is 9.84 Å². The standard InChI is InChI=1S/C13H24O3S/c14-13(8-4-1-5-9-13)11-17(15,16)10-12-6-2-3-7-12/h12,14H,1-11H2. The van der Waals surface area contributed by atoms with Crippen molar-refractivity contribution in [2.45, 2.75) is 63.4 Å². The molecule has 0 radical (unpaired) electrons. The lowest BCUT2D eigenvalue weighted by Gasteiger charge is -2.31. The molecule has 0 aromatic rings. The first kappa shape index (κ1) is 13.3. The summed E-state index contributed by atoms with van der Waals surface area (Å²) in [4.78, 5) is 0. The maximum absolute atomic E-state index is 12.1. The molecule has 0 atom stereocenters. The Balaban J connectivity index is 1.91. The van der Waals surface area contributed by atoms with Crippen LogP contribution in [0.4, 0.5) is 0 Å². The minimum absolute atomic E-state index is 0.00347. The van der Waals surface area contributed by atoms with Crippen molar-refractivity contribution in [3.05, 3.63) is 0 Å². The van der Waals surface area contributed by atoms with Crippen LogP contribution in [0.2, 0.25) is 0 Å². The Morgan fingerprint density at radius 3 is 2.18 bits per heavy atom. The van der Waals surface area contributed by atoms with Crippen LogP contribution in [-0.2, 0) is 9.84 Å². The first-order chi connectivity index (χ1) is 7.99. The molecular formula is C13H24O3S. The third kappa shape index (κ3) is 3.95. The zero-order chi connectivity index (χ0) is 12.4. The van der Waals surface area contributed by atoms with Gasteiger partial charge in [0.1, 0.15) is 0 Å². The number of sulfone groups is 1. The molecule has 4 heteroatoms. The van der Waals surface area contributed by atoms with Gasteiger partial charge in [-0.1, -0.05) is 32.1 Å². The summed E-state index contributed by atoms with van der Waals surface area (Å²) in [7, 11) is -3.07. The topological polar surface area (TPSA) is 54.4 Å². The van der Waals surface area contributed by atoms with Gasteiger partial charge in [0.05, 0.1) is 17.1 Å². The first-order valence-electron chi connectivity index (χ1n) is 6.92. The third-order valence-corrected chi connectivity index (χ3v) is 6.19. The molecule has 0 aromatic carbocycles. The highest BCUT2D eigenvalue weighted by Gasteiger charge is 2.35. The molecule has 2 fully saturated rings.